The van der Waals surface area contributed by atoms with Crippen molar-refractivity contribution in [2.24, 2.45) is 0 Å². The molecule has 2 aromatic rings. The lowest BCUT2D eigenvalue weighted by Gasteiger charge is -2.09. The van der Waals surface area contributed by atoms with Crippen LogP contribution in [0.1, 0.15) is 25.8 Å². The molecule has 0 unspecified atom stereocenters. The Balaban J connectivity index is 2.16. The standard InChI is InChI=1S/C15H21N5O/c1-4-10-21-15-19-13(16-3)18-14(20-15)17-12-8-6-11(5-2)7-9-12/h6-9H,4-5,10H2,1-3H3,(H2,16,17,18,19,20). The van der Waals surface area contributed by atoms with Crippen LogP contribution in [-0.2, 0) is 6.42 Å². The highest BCUT2D eigenvalue weighted by Gasteiger charge is 2.07. The minimum atomic E-state index is 0.323. The molecule has 21 heavy (non-hydrogen) atoms. The topological polar surface area (TPSA) is 72.0 Å². The maximum atomic E-state index is 5.47. The molecule has 1 aromatic heterocycles. The lowest BCUT2D eigenvalue weighted by Crippen LogP contribution is -2.07. The summed E-state index contributed by atoms with van der Waals surface area (Å²) in [5.41, 5.74) is 2.22. The quantitative estimate of drug-likeness (QED) is 0.815. The van der Waals surface area contributed by atoms with Gasteiger partial charge in [0, 0.05) is 12.7 Å². The zero-order valence-corrected chi connectivity index (χ0v) is 12.7. The molecule has 0 saturated carbocycles. The highest BCUT2D eigenvalue weighted by molar-refractivity contribution is 5.54. The van der Waals surface area contributed by atoms with Crippen molar-refractivity contribution in [2.45, 2.75) is 26.7 Å². The van der Waals surface area contributed by atoms with Gasteiger partial charge in [0.1, 0.15) is 0 Å². The van der Waals surface area contributed by atoms with Gasteiger partial charge in [-0.3, -0.25) is 0 Å². The monoisotopic (exact) mass is 287 g/mol. The van der Waals surface area contributed by atoms with Gasteiger partial charge in [0.2, 0.25) is 11.9 Å². The Kier molecular flexibility index (Phi) is 5.31. The average Bonchev–Trinajstić information content (AvgIpc) is 2.53. The molecule has 0 spiro atoms. The summed E-state index contributed by atoms with van der Waals surface area (Å²) < 4.78 is 5.47. The zero-order chi connectivity index (χ0) is 15.1. The lowest BCUT2D eigenvalue weighted by molar-refractivity contribution is 0.292. The second-order valence-electron chi connectivity index (χ2n) is 4.54. The molecule has 0 amide bonds. The molecule has 0 atom stereocenters. The number of hydrogen-bond acceptors (Lipinski definition) is 6. The maximum Gasteiger partial charge on any atom is 0.323 e. The molecule has 1 heterocycles. The van der Waals surface area contributed by atoms with Crippen LogP contribution in [0.2, 0.25) is 0 Å². The molecule has 0 aliphatic carbocycles. The molecule has 0 saturated heterocycles. The first-order chi connectivity index (χ1) is 10.2. The molecule has 1 aromatic carbocycles. The van der Waals surface area contributed by atoms with Gasteiger partial charge >= 0.3 is 6.01 Å². The smallest absolute Gasteiger partial charge is 0.323 e. The molecule has 6 heteroatoms. The van der Waals surface area contributed by atoms with Gasteiger partial charge in [-0.2, -0.15) is 15.0 Å². The number of benzene rings is 1. The van der Waals surface area contributed by atoms with Crippen LogP contribution < -0.4 is 15.4 Å². The number of hydrogen-bond donors (Lipinski definition) is 2. The Bertz CT molecular complexity index is 571. The van der Waals surface area contributed by atoms with Gasteiger partial charge < -0.3 is 15.4 Å². The predicted molar refractivity (Wildman–Crippen MR) is 84.3 cm³/mol. The van der Waals surface area contributed by atoms with E-state index in [0.717, 1.165) is 18.5 Å². The molecule has 0 aliphatic rings. The third-order valence-electron chi connectivity index (χ3n) is 2.89. The predicted octanol–water partition coefficient (Wildman–Crippen LogP) is 3.01. The third-order valence-corrected chi connectivity index (χ3v) is 2.89. The minimum absolute atomic E-state index is 0.323. The van der Waals surface area contributed by atoms with Crippen LogP contribution in [0.5, 0.6) is 6.01 Å². The number of rotatable bonds is 7. The fraction of sp³-hybridized carbons (Fsp3) is 0.400. The molecule has 0 radical (unpaired) electrons. The lowest BCUT2D eigenvalue weighted by atomic mass is 10.1. The van der Waals surface area contributed by atoms with E-state index >= 15 is 0 Å². The Morgan fingerprint density at radius 2 is 1.71 bits per heavy atom. The highest BCUT2D eigenvalue weighted by atomic mass is 16.5. The molecule has 112 valence electrons. The van der Waals surface area contributed by atoms with E-state index in [1.165, 1.54) is 5.56 Å². The van der Waals surface area contributed by atoms with E-state index < -0.39 is 0 Å². The first-order valence-electron chi connectivity index (χ1n) is 7.17. The van der Waals surface area contributed by atoms with Gasteiger partial charge in [-0.25, -0.2) is 0 Å². The fourth-order valence-corrected chi connectivity index (χ4v) is 1.73. The van der Waals surface area contributed by atoms with Crippen LogP contribution in [0.3, 0.4) is 0 Å². The van der Waals surface area contributed by atoms with Crippen molar-refractivity contribution < 1.29 is 4.74 Å². The summed E-state index contributed by atoms with van der Waals surface area (Å²) in [5.74, 6) is 0.938. The number of nitrogens with one attached hydrogen (secondary N) is 2. The van der Waals surface area contributed by atoms with Crippen molar-refractivity contribution in [2.75, 3.05) is 24.3 Å². The number of nitrogens with zero attached hydrogens (tertiary/aromatic N) is 3. The Labute approximate surface area is 125 Å². The molecule has 0 fully saturated rings. The van der Waals surface area contributed by atoms with E-state index in [1.54, 1.807) is 7.05 Å². The summed E-state index contributed by atoms with van der Waals surface area (Å²) in [6.45, 7) is 4.75. The van der Waals surface area contributed by atoms with Crippen LogP contribution >= 0.6 is 0 Å². The second kappa shape index (κ2) is 7.42. The average molecular weight is 287 g/mol. The van der Waals surface area contributed by atoms with Crippen LogP contribution in [-0.4, -0.2) is 28.6 Å². The van der Waals surface area contributed by atoms with Gasteiger partial charge in [-0.05, 0) is 30.5 Å². The minimum Gasteiger partial charge on any atom is -0.463 e. The third kappa shape index (κ3) is 4.30. The Morgan fingerprint density at radius 1 is 1.00 bits per heavy atom. The number of anilines is 3. The summed E-state index contributed by atoms with van der Waals surface area (Å²) in [4.78, 5) is 12.7. The van der Waals surface area contributed by atoms with Gasteiger partial charge in [0.05, 0.1) is 6.61 Å². The van der Waals surface area contributed by atoms with Crippen molar-refractivity contribution in [1.82, 2.24) is 15.0 Å². The normalized spacial score (nSPS) is 10.2. The molecule has 6 nitrogen and oxygen atoms in total. The first kappa shape index (κ1) is 15.0. The van der Waals surface area contributed by atoms with Crippen LogP contribution in [0.15, 0.2) is 24.3 Å². The summed E-state index contributed by atoms with van der Waals surface area (Å²) in [5, 5.41) is 6.07. The molecular formula is C15H21N5O. The SMILES string of the molecule is CCCOc1nc(NC)nc(Nc2ccc(CC)cc2)n1. The van der Waals surface area contributed by atoms with Crippen molar-refractivity contribution >= 4 is 17.6 Å². The summed E-state index contributed by atoms with van der Waals surface area (Å²) in [7, 11) is 1.76. The molecule has 0 bridgehead atoms. The van der Waals surface area contributed by atoms with E-state index in [4.69, 9.17) is 4.74 Å². The Morgan fingerprint density at radius 3 is 2.33 bits per heavy atom. The van der Waals surface area contributed by atoms with E-state index in [-0.39, 0.29) is 0 Å². The Hall–Kier alpha value is -2.37. The van der Waals surface area contributed by atoms with Gasteiger partial charge in [-0.15, -0.1) is 0 Å². The van der Waals surface area contributed by atoms with Crippen LogP contribution in [0.25, 0.3) is 0 Å². The van der Waals surface area contributed by atoms with E-state index in [1.807, 2.05) is 19.1 Å². The van der Waals surface area contributed by atoms with Gasteiger partial charge in [-0.1, -0.05) is 26.0 Å². The zero-order valence-electron chi connectivity index (χ0n) is 12.7. The number of aromatic nitrogens is 3. The van der Waals surface area contributed by atoms with Crippen LogP contribution in [0, 0.1) is 0 Å². The molecule has 2 rings (SSSR count). The van der Waals surface area contributed by atoms with Crippen molar-refractivity contribution in [3.8, 4) is 6.01 Å². The first-order valence-corrected chi connectivity index (χ1v) is 7.17. The van der Waals surface area contributed by atoms with Crippen LogP contribution in [0.4, 0.5) is 17.6 Å². The van der Waals surface area contributed by atoms with Gasteiger partial charge in [0.15, 0.2) is 0 Å². The van der Waals surface area contributed by atoms with Crippen molar-refractivity contribution in [3.63, 3.8) is 0 Å². The maximum absolute atomic E-state index is 5.47. The van der Waals surface area contributed by atoms with Crippen molar-refractivity contribution in [1.29, 1.82) is 0 Å². The van der Waals surface area contributed by atoms with Gasteiger partial charge in [0.25, 0.3) is 0 Å². The summed E-state index contributed by atoms with van der Waals surface area (Å²) in [6, 6.07) is 8.50. The molecule has 2 N–H and O–H groups in total. The summed E-state index contributed by atoms with van der Waals surface area (Å²) in [6.07, 6.45) is 1.92. The number of ether oxygens (including phenoxy) is 1. The van der Waals surface area contributed by atoms with Crippen molar-refractivity contribution in [3.05, 3.63) is 29.8 Å². The summed E-state index contributed by atoms with van der Waals surface area (Å²) >= 11 is 0. The second-order valence-corrected chi connectivity index (χ2v) is 4.54. The molecular weight excluding hydrogens is 266 g/mol. The fourth-order valence-electron chi connectivity index (χ4n) is 1.73. The molecule has 0 aliphatic heterocycles. The van der Waals surface area contributed by atoms with E-state index in [0.29, 0.717) is 24.5 Å². The van der Waals surface area contributed by atoms with E-state index in [9.17, 15) is 0 Å². The number of aryl methyl sites for hydroxylation is 1. The van der Waals surface area contributed by atoms with E-state index in [2.05, 4.69) is 44.6 Å². The highest BCUT2D eigenvalue weighted by Crippen LogP contribution is 2.17. The largest absolute Gasteiger partial charge is 0.463 e.